The summed E-state index contributed by atoms with van der Waals surface area (Å²) in [6.07, 6.45) is -17.1. The molecule has 0 heterocycles. The number of alkyl halides is 9. The predicted molar refractivity (Wildman–Crippen MR) is 60.2 cm³/mol. The van der Waals surface area contributed by atoms with Gasteiger partial charge in [-0.25, -0.2) is 0 Å². The molecule has 0 fully saturated rings. The molecule has 0 bridgehead atoms. The van der Waals surface area contributed by atoms with Crippen LogP contribution in [-0.2, 0) is 23.8 Å². The van der Waals surface area contributed by atoms with E-state index < -0.39 is 46.1 Å². The third-order valence-electron chi connectivity index (χ3n) is 2.78. The van der Waals surface area contributed by atoms with Crippen LogP contribution in [0, 0.1) is 0 Å². The van der Waals surface area contributed by atoms with Gasteiger partial charge in [0.2, 0.25) is 0 Å². The minimum absolute atomic E-state index is 0.00192. The van der Waals surface area contributed by atoms with E-state index in [1.54, 1.807) is 0 Å². The number of benzene rings is 1. The van der Waals surface area contributed by atoms with Crippen molar-refractivity contribution < 1.29 is 39.5 Å². The Labute approximate surface area is 120 Å². The van der Waals surface area contributed by atoms with Crippen LogP contribution in [0.4, 0.5) is 39.5 Å². The van der Waals surface area contributed by atoms with Crippen LogP contribution in [0.1, 0.15) is 36.1 Å². The second kappa shape index (κ2) is 5.09. The highest BCUT2D eigenvalue weighted by molar-refractivity contribution is 6.15. The normalized spacial score (nSPS) is 14.3. The molecule has 10 heteroatoms. The highest BCUT2D eigenvalue weighted by Gasteiger charge is 2.50. The molecule has 1 aromatic carbocycles. The first kappa shape index (κ1) is 18.7. The van der Waals surface area contributed by atoms with Gasteiger partial charge in [-0.2, -0.15) is 39.5 Å². The molecular weight excluding hydrogens is 326 g/mol. The molecule has 0 nitrogen and oxygen atoms in total. The van der Waals surface area contributed by atoms with E-state index in [0.717, 1.165) is 13.8 Å². The summed E-state index contributed by atoms with van der Waals surface area (Å²) in [5, 5.41) is -1.69. The molecule has 1 rings (SSSR count). The van der Waals surface area contributed by atoms with E-state index in [0.29, 0.717) is 0 Å². The van der Waals surface area contributed by atoms with Crippen molar-refractivity contribution in [2.45, 2.75) is 37.7 Å². The molecule has 0 atom stereocenters. The van der Waals surface area contributed by atoms with Crippen LogP contribution in [0.2, 0.25) is 0 Å². The molecule has 1 aromatic rings. The van der Waals surface area contributed by atoms with E-state index in [1.165, 1.54) is 0 Å². The van der Waals surface area contributed by atoms with Crippen LogP contribution < -0.4 is 0 Å². The summed E-state index contributed by atoms with van der Waals surface area (Å²) in [4.78, 5) is 0. The van der Waals surface area contributed by atoms with Crippen molar-refractivity contribution in [1.29, 1.82) is 0 Å². The third kappa shape index (κ3) is 3.89. The molecule has 122 valence electrons. The van der Waals surface area contributed by atoms with Gasteiger partial charge in [-0.05, 0) is 23.0 Å². The number of hydrogen-bond donors (Lipinski definition) is 0. The Morgan fingerprint density at radius 1 is 0.682 bits per heavy atom. The molecule has 0 amide bonds. The Balaban J connectivity index is 3.96. The lowest BCUT2D eigenvalue weighted by Crippen LogP contribution is -2.26. The standard InChI is InChI=1S/C12H8BF9/c1-9(2,13)5-3-6(10(14,15)16)8(12(20,21)22)7(4-5)11(17,18)19/h3-4H,1-2H3. The summed E-state index contributed by atoms with van der Waals surface area (Å²) in [5.41, 5.74) is -8.30. The Hall–Kier alpha value is -1.35. The van der Waals surface area contributed by atoms with Crippen molar-refractivity contribution in [3.05, 3.63) is 34.4 Å². The first-order valence-electron chi connectivity index (χ1n) is 5.64. The van der Waals surface area contributed by atoms with Gasteiger partial charge in [0.25, 0.3) is 0 Å². The van der Waals surface area contributed by atoms with E-state index >= 15 is 0 Å². The van der Waals surface area contributed by atoms with Gasteiger partial charge in [0.15, 0.2) is 0 Å². The van der Waals surface area contributed by atoms with Gasteiger partial charge in [0, 0.05) is 0 Å². The second-order valence-electron chi connectivity index (χ2n) is 5.16. The number of halogens is 9. The largest absolute Gasteiger partial charge is 0.417 e. The molecule has 0 unspecified atom stereocenters. The smallest absolute Gasteiger partial charge is 0.166 e. The lowest BCUT2D eigenvalue weighted by atomic mass is 9.66. The molecular formula is C12H8BF9. The molecule has 0 saturated heterocycles. The van der Waals surface area contributed by atoms with Crippen molar-refractivity contribution in [3.8, 4) is 0 Å². The molecule has 0 saturated carbocycles. The van der Waals surface area contributed by atoms with Crippen molar-refractivity contribution in [2.24, 2.45) is 0 Å². The molecule has 0 aromatic heterocycles. The summed E-state index contributed by atoms with van der Waals surface area (Å²) >= 11 is 0. The lowest BCUT2D eigenvalue weighted by Gasteiger charge is -2.26. The van der Waals surface area contributed by atoms with Crippen molar-refractivity contribution in [2.75, 3.05) is 0 Å². The summed E-state index contributed by atoms with van der Waals surface area (Å²) in [6, 6.07) is -0.00384. The zero-order valence-electron chi connectivity index (χ0n) is 11.1. The van der Waals surface area contributed by atoms with Gasteiger partial charge >= 0.3 is 18.5 Å². The minimum Gasteiger partial charge on any atom is -0.166 e. The van der Waals surface area contributed by atoms with Crippen LogP contribution in [0.3, 0.4) is 0 Å². The topological polar surface area (TPSA) is 0 Å². The highest BCUT2D eigenvalue weighted by Crippen LogP contribution is 2.48. The zero-order chi connectivity index (χ0) is 17.7. The fraction of sp³-hybridized carbons (Fsp3) is 0.500. The van der Waals surface area contributed by atoms with Gasteiger partial charge in [-0.1, -0.05) is 13.8 Å². The highest BCUT2D eigenvalue weighted by atomic mass is 19.4. The van der Waals surface area contributed by atoms with E-state index in [4.69, 9.17) is 7.85 Å². The number of hydrogen-bond acceptors (Lipinski definition) is 0. The lowest BCUT2D eigenvalue weighted by molar-refractivity contribution is -0.174. The fourth-order valence-corrected chi connectivity index (χ4v) is 1.77. The Morgan fingerprint density at radius 2 is 1.00 bits per heavy atom. The van der Waals surface area contributed by atoms with E-state index in [2.05, 4.69) is 0 Å². The van der Waals surface area contributed by atoms with Gasteiger partial charge < -0.3 is 0 Å². The Morgan fingerprint density at radius 3 is 1.18 bits per heavy atom. The van der Waals surface area contributed by atoms with Gasteiger partial charge in [-0.15, -0.1) is 0 Å². The average Bonchev–Trinajstić information content (AvgIpc) is 2.22. The summed E-state index contributed by atoms with van der Waals surface area (Å²) in [7, 11) is 5.42. The van der Waals surface area contributed by atoms with Crippen molar-refractivity contribution in [1.82, 2.24) is 0 Å². The monoisotopic (exact) mass is 334 g/mol. The number of rotatable bonds is 1. The Kier molecular flexibility index (Phi) is 4.33. The average molecular weight is 334 g/mol. The molecule has 0 aliphatic rings. The van der Waals surface area contributed by atoms with E-state index in [-0.39, 0.29) is 12.1 Å². The van der Waals surface area contributed by atoms with Crippen LogP contribution in [-0.4, -0.2) is 7.85 Å². The molecule has 22 heavy (non-hydrogen) atoms. The predicted octanol–water partition coefficient (Wildman–Crippen LogP) is 5.15. The van der Waals surface area contributed by atoms with E-state index in [9.17, 15) is 39.5 Å². The fourth-order valence-electron chi connectivity index (χ4n) is 1.77. The van der Waals surface area contributed by atoms with Crippen molar-refractivity contribution >= 4 is 7.85 Å². The molecule has 2 radical (unpaired) electrons. The van der Waals surface area contributed by atoms with Gasteiger partial charge in [0.1, 0.15) is 0 Å². The first-order chi connectivity index (χ1) is 9.45. The SMILES string of the molecule is [B]C(C)(C)c1cc(C(F)(F)F)c(C(F)(F)F)c(C(F)(F)F)c1. The van der Waals surface area contributed by atoms with Crippen LogP contribution in [0.15, 0.2) is 12.1 Å². The molecule has 0 aliphatic carbocycles. The van der Waals surface area contributed by atoms with E-state index in [1.807, 2.05) is 0 Å². The maximum Gasteiger partial charge on any atom is 0.417 e. The van der Waals surface area contributed by atoms with Crippen LogP contribution in [0.5, 0.6) is 0 Å². The van der Waals surface area contributed by atoms with Crippen LogP contribution in [0.25, 0.3) is 0 Å². The van der Waals surface area contributed by atoms with Crippen molar-refractivity contribution in [3.63, 3.8) is 0 Å². The maximum atomic E-state index is 12.8. The van der Waals surface area contributed by atoms with Gasteiger partial charge in [-0.3, -0.25) is 0 Å². The maximum absolute atomic E-state index is 12.8. The zero-order valence-corrected chi connectivity index (χ0v) is 11.1. The Bertz CT molecular complexity index is 523. The first-order valence-corrected chi connectivity index (χ1v) is 5.64. The summed E-state index contributed by atoms with van der Waals surface area (Å²) in [5.74, 6) is 0. The summed E-state index contributed by atoms with van der Waals surface area (Å²) < 4.78 is 115. The quantitative estimate of drug-likeness (QED) is 0.492. The second-order valence-corrected chi connectivity index (χ2v) is 5.16. The molecule has 0 spiro atoms. The summed E-state index contributed by atoms with van der Waals surface area (Å²) in [6.45, 7) is 2.16. The minimum atomic E-state index is -5.83. The molecule has 0 N–H and O–H groups in total. The van der Waals surface area contributed by atoms with Gasteiger partial charge in [0.05, 0.1) is 24.5 Å². The third-order valence-corrected chi connectivity index (χ3v) is 2.78. The van der Waals surface area contributed by atoms with Crippen LogP contribution >= 0.6 is 0 Å². The molecule has 0 aliphatic heterocycles.